The summed E-state index contributed by atoms with van der Waals surface area (Å²) in [6.45, 7) is 22.3. The second kappa shape index (κ2) is 9.45. The topological polar surface area (TPSA) is 60.7 Å². The number of rotatable bonds is 4. The standard InChI is InChI=1S/C16H22O.C15H20O2/c1-6-13-10(3)8-12-9-16(5,7-2)15(17)14(12)11(13)4;1-5-12-9(2)6-11-7-15(4,8-16)14(17)13(11)10(12)3/h6,8,15,17H,1,7,9H2,2-5H3;5-6,14,16-17H,1,7-8H2,2-4H3. The van der Waals surface area contributed by atoms with Crippen LogP contribution in [0.2, 0.25) is 0 Å². The first-order chi connectivity index (χ1) is 15.9. The molecule has 0 fully saturated rings. The Morgan fingerprint density at radius 3 is 1.56 bits per heavy atom. The first kappa shape index (κ1) is 26.4. The Bertz CT molecular complexity index is 1040. The van der Waals surface area contributed by atoms with E-state index < -0.39 is 11.5 Å². The largest absolute Gasteiger partial charge is 0.396 e. The summed E-state index contributed by atoms with van der Waals surface area (Å²) in [5.41, 5.74) is 11.2. The van der Waals surface area contributed by atoms with Crippen molar-refractivity contribution in [3.05, 3.63) is 80.9 Å². The summed E-state index contributed by atoms with van der Waals surface area (Å²) in [6, 6.07) is 4.34. The molecule has 4 rings (SSSR count). The Labute approximate surface area is 205 Å². The van der Waals surface area contributed by atoms with E-state index in [9.17, 15) is 15.3 Å². The number of aliphatic hydroxyl groups is 3. The van der Waals surface area contributed by atoms with Crippen molar-refractivity contribution >= 4 is 12.2 Å². The average Bonchev–Trinajstić information content (AvgIpc) is 3.19. The second-order valence-electron chi connectivity index (χ2n) is 11.0. The highest BCUT2D eigenvalue weighted by molar-refractivity contribution is 5.63. The summed E-state index contributed by atoms with van der Waals surface area (Å²) < 4.78 is 0. The molecule has 2 aliphatic carbocycles. The molecule has 2 aromatic rings. The predicted molar refractivity (Wildman–Crippen MR) is 143 cm³/mol. The van der Waals surface area contributed by atoms with Crippen LogP contribution in [0.15, 0.2) is 25.3 Å². The van der Waals surface area contributed by atoms with Gasteiger partial charge in [-0.05, 0) is 103 Å². The zero-order valence-electron chi connectivity index (χ0n) is 22.0. The van der Waals surface area contributed by atoms with Crippen molar-refractivity contribution in [2.24, 2.45) is 10.8 Å². The lowest BCUT2D eigenvalue weighted by Crippen LogP contribution is -2.26. The summed E-state index contributed by atoms with van der Waals surface area (Å²) in [4.78, 5) is 0. The van der Waals surface area contributed by atoms with Crippen LogP contribution in [0.25, 0.3) is 12.2 Å². The van der Waals surface area contributed by atoms with Gasteiger partial charge in [0, 0.05) is 10.8 Å². The van der Waals surface area contributed by atoms with E-state index in [-0.39, 0.29) is 18.1 Å². The van der Waals surface area contributed by atoms with Crippen molar-refractivity contribution in [3.8, 4) is 0 Å². The van der Waals surface area contributed by atoms with Crippen LogP contribution in [0, 0.1) is 38.5 Å². The normalized spacial score (nSPS) is 27.0. The van der Waals surface area contributed by atoms with Gasteiger partial charge >= 0.3 is 0 Å². The van der Waals surface area contributed by atoms with E-state index in [1.807, 2.05) is 26.0 Å². The monoisotopic (exact) mass is 462 g/mol. The van der Waals surface area contributed by atoms with Crippen LogP contribution in [0.3, 0.4) is 0 Å². The summed E-state index contributed by atoms with van der Waals surface area (Å²) in [5.74, 6) is 0. The highest BCUT2D eigenvalue weighted by Crippen LogP contribution is 2.50. The van der Waals surface area contributed by atoms with Gasteiger partial charge in [0.25, 0.3) is 0 Å². The van der Waals surface area contributed by atoms with Gasteiger partial charge in [-0.15, -0.1) is 0 Å². The Morgan fingerprint density at radius 1 is 0.824 bits per heavy atom. The summed E-state index contributed by atoms with van der Waals surface area (Å²) in [6.07, 6.45) is 5.55. The Kier molecular flexibility index (Phi) is 7.34. The third-order valence-electron chi connectivity index (χ3n) is 8.57. The van der Waals surface area contributed by atoms with Crippen molar-refractivity contribution in [3.63, 3.8) is 0 Å². The number of aryl methyl sites for hydroxylation is 2. The molecule has 0 aromatic heterocycles. The van der Waals surface area contributed by atoms with E-state index in [4.69, 9.17) is 0 Å². The van der Waals surface area contributed by atoms with Gasteiger partial charge in [0.15, 0.2) is 0 Å². The molecule has 3 nitrogen and oxygen atoms in total. The average molecular weight is 463 g/mol. The van der Waals surface area contributed by atoms with E-state index in [1.54, 1.807) is 0 Å². The number of aliphatic hydroxyl groups excluding tert-OH is 3. The molecule has 2 aliphatic rings. The number of hydrogen-bond acceptors (Lipinski definition) is 3. The molecule has 184 valence electrons. The van der Waals surface area contributed by atoms with Gasteiger partial charge in [-0.1, -0.05) is 58.2 Å². The van der Waals surface area contributed by atoms with Gasteiger partial charge in [0.2, 0.25) is 0 Å². The number of hydrogen-bond donors (Lipinski definition) is 3. The Morgan fingerprint density at radius 2 is 1.21 bits per heavy atom. The Balaban J connectivity index is 0.000000191. The Hall–Kier alpha value is -2.20. The van der Waals surface area contributed by atoms with E-state index in [2.05, 4.69) is 59.9 Å². The lowest BCUT2D eigenvalue weighted by Gasteiger charge is -2.27. The van der Waals surface area contributed by atoms with Crippen molar-refractivity contribution in [2.45, 2.75) is 79.9 Å². The van der Waals surface area contributed by atoms with Gasteiger partial charge in [-0.3, -0.25) is 0 Å². The summed E-state index contributed by atoms with van der Waals surface area (Å²) >= 11 is 0. The van der Waals surface area contributed by atoms with Crippen LogP contribution in [-0.4, -0.2) is 21.9 Å². The molecular formula is C31H42O3. The SMILES string of the molecule is C=Cc1c(C)cc2c(c1C)C(O)C(C)(CC)C2.C=Cc1c(C)cc2c(c1C)C(O)C(C)(CO)C2. The van der Waals surface area contributed by atoms with Gasteiger partial charge in [0.1, 0.15) is 0 Å². The minimum Gasteiger partial charge on any atom is -0.396 e. The summed E-state index contributed by atoms with van der Waals surface area (Å²) in [5, 5.41) is 30.4. The molecule has 0 saturated heterocycles. The molecule has 3 N–H and O–H groups in total. The lowest BCUT2D eigenvalue weighted by molar-refractivity contribution is 0.00755. The van der Waals surface area contributed by atoms with Crippen LogP contribution in [0.5, 0.6) is 0 Å². The predicted octanol–water partition coefficient (Wildman–Crippen LogP) is 6.49. The molecule has 0 saturated carbocycles. The van der Waals surface area contributed by atoms with E-state index in [1.165, 1.54) is 27.8 Å². The third-order valence-corrected chi connectivity index (χ3v) is 8.57. The molecule has 4 unspecified atom stereocenters. The van der Waals surface area contributed by atoms with Crippen molar-refractivity contribution in [1.82, 2.24) is 0 Å². The highest BCUT2D eigenvalue weighted by atomic mass is 16.3. The zero-order valence-corrected chi connectivity index (χ0v) is 22.0. The van der Waals surface area contributed by atoms with Crippen molar-refractivity contribution in [1.29, 1.82) is 0 Å². The first-order valence-electron chi connectivity index (χ1n) is 12.4. The fraction of sp³-hybridized carbons (Fsp3) is 0.484. The number of fused-ring (bicyclic) bond motifs is 2. The molecule has 0 amide bonds. The fourth-order valence-corrected chi connectivity index (χ4v) is 6.10. The zero-order chi connectivity index (χ0) is 25.6. The van der Waals surface area contributed by atoms with Gasteiger partial charge in [0.05, 0.1) is 18.8 Å². The molecule has 4 atom stereocenters. The molecule has 0 heterocycles. The molecule has 34 heavy (non-hydrogen) atoms. The smallest absolute Gasteiger partial charge is 0.0874 e. The van der Waals surface area contributed by atoms with Crippen LogP contribution >= 0.6 is 0 Å². The minimum atomic E-state index is -0.582. The third kappa shape index (κ3) is 4.08. The summed E-state index contributed by atoms with van der Waals surface area (Å²) in [7, 11) is 0. The second-order valence-corrected chi connectivity index (χ2v) is 11.0. The molecular weight excluding hydrogens is 420 g/mol. The van der Waals surface area contributed by atoms with Crippen LogP contribution in [0.1, 0.15) is 95.0 Å². The maximum Gasteiger partial charge on any atom is 0.0874 e. The van der Waals surface area contributed by atoms with Gasteiger partial charge < -0.3 is 15.3 Å². The van der Waals surface area contributed by atoms with E-state index in [0.717, 1.165) is 47.1 Å². The van der Waals surface area contributed by atoms with Crippen LogP contribution in [0.4, 0.5) is 0 Å². The first-order valence-corrected chi connectivity index (χ1v) is 12.4. The van der Waals surface area contributed by atoms with Crippen molar-refractivity contribution < 1.29 is 15.3 Å². The van der Waals surface area contributed by atoms with E-state index >= 15 is 0 Å². The molecule has 0 spiro atoms. The molecule has 0 aliphatic heterocycles. The van der Waals surface area contributed by atoms with Gasteiger partial charge in [-0.25, -0.2) is 0 Å². The quantitative estimate of drug-likeness (QED) is 0.487. The fourth-order valence-electron chi connectivity index (χ4n) is 6.10. The maximum absolute atomic E-state index is 10.6. The van der Waals surface area contributed by atoms with E-state index in [0.29, 0.717) is 0 Å². The highest BCUT2D eigenvalue weighted by Gasteiger charge is 2.43. The minimum absolute atomic E-state index is 0.000668. The molecule has 3 heteroatoms. The molecule has 0 bridgehead atoms. The van der Waals surface area contributed by atoms with Crippen molar-refractivity contribution in [2.75, 3.05) is 6.61 Å². The van der Waals surface area contributed by atoms with Gasteiger partial charge in [-0.2, -0.15) is 0 Å². The number of benzene rings is 2. The van der Waals surface area contributed by atoms with Crippen LogP contribution in [-0.2, 0) is 12.8 Å². The maximum atomic E-state index is 10.6. The lowest BCUT2D eigenvalue weighted by atomic mass is 9.82. The molecule has 0 radical (unpaired) electrons. The van der Waals surface area contributed by atoms with Crippen LogP contribution < -0.4 is 0 Å². The molecule has 2 aromatic carbocycles.